The molecule has 0 radical (unpaired) electrons. The number of aliphatic carboxylic acids is 1. The summed E-state index contributed by atoms with van der Waals surface area (Å²) < 4.78 is 5.08. The molecule has 0 heterocycles. The Morgan fingerprint density at radius 3 is 2.55 bits per heavy atom. The first-order chi connectivity index (χ1) is 9.58. The Balaban J connectivity index is 2.69. The number of anilines is 1. The molecule has 0 aromatic heterocycles. The predicted octanol–water partition coefficient (Wildman–Crippen LogP) is 1.33. The smallest absolute Gasteiger partial charge is 0.320 e. The fraction of sp³-hybridized carbons (Fsp3) is 0.500. The second kappa shape index (κ2) is 8.79. The van der Waals surface area contributed by atoms with Gasteiger partial charge in [-0.2, -0.15) is 0 Å². The van der Waals surface area contributed by atoms with E-state index in [9.17, 15) is 4.79 Å². The van der Waals surface area contributed by atoms with Gasteiger partial charge in [0, 0.05) is 31.8 Å². The SMILES string of the molecule is COCCN(CCCl)c1ccc(C[C@H](N)C(=O)O)cc1. The van der Waals surface area contributed by atoms with Crippen molar-refractivity contribution < 1.29 is 14.6 Å². The van der Waals surface area contributed by atoms with Crippen LogP contribution in [0, 0.1) is 0 Å². The van der Waals surface area contributed by atoms with Crippen molar-refractivity contribution in [3.63, 3.8) is 0 Å². The number of halogens is 1. The van der Waals surface area contributed by atoms with E-state index in [4.69, 9.17) is 27.2 Å². The number of methoxy groups -OCH3 is 1. The van der Waals surface area contributed by atoms with Gasteiger partial charge in [0.1, 0.15) is 6.04 Å². The summed E-state index contributed by atoms with van der Waals surface area (Å²) in [5, 5.41) is 8.79. The summed E-state index contributed by atoms with van der Waals surface area (Å²) in [7, 11) is 1.66. The molecule has 0 aliphatic rings. The molecule has 5 nitrogen and oxygen atoms in total. The van der Waals surface area contributed by atoms with Crippen LogP contribution >= 0.6 is 11.6 Å². The molecule has 0 saturated carbocycles. The second-order valence-corrected chi connectivity index (χ2v) is 4.86. The summed E-state index contributed by atoms with van der Waals surface area (Å²) in [5.74, 6) is -0.451. The Bertz CT molecular complexity index is 411. The van der Waals surface area contributed by atoms with Crippen LogP contribution in [0.4, 0.5) is 5.69 Å². The lowest BCUT2D eigenvalue weighted by molar-refractivity contribution is -0.138. The van der Waals surface area contributed by atoms with Crippen LogP contribution in [0.5, 0.6) is 0 Å². The topological polar surface area (TPSA) is 75.8 Å². The van der Waals surface area contributed by atoms with Crippen molar-refractivity contribution in [2.75, 3.05) is 37.6 Å². The van der Waals surface area contributed by atoms with Gasteiger partial charge >= 0.3 is 5.97 Å². The first kappa shape index (κ1) is 16.8. The number of hydrogen-bond acceptors (Lipinski definition) is 4. The van der Waals surface area contributed by atoms with E-state index in [-0.39, 0.29) is 0 Å². The van der Waals surface area contributed by atoms with Crippen LogP contribution in [0.15, 0.2) is 24.3 Å². The van der Waals surface area contributed by atoms with Crippen molar-refractivity contribution >= 4 is 23.3 Å². The minimum absolute atomic E-state index is 0.323. The number of rotatable bonds is 9. The lowest BCUT2D eigenvalue weighted by atomic mass is 10.1. The normalized spacial score (nSPS) is 12.2. The number of benzene rings is 1. The highest BCUT2D eigenvalue weighted by Gasteiger charge is 2.12. The summed E-state index contributed by atoms with van der Waals surface area (Å²) in [6.45, 7) is 2.12. The third-order valence-electron chi connectivity index (χ3n) is 2.99. The Morgan fingerprint density at radius 1 is 1.40 bits per heavy atom. The third-order valence-corrected chi connectivity index (χ3v) is 3.16. The number of ether oxygens (including phenoxy) is 1. The monoisotopic (exact) mass is 300 g/mol. The van der Waals surface area contributed by atoms with Gasteiger partial charge in [0.25, 0.3) is 0 Å². The van der Waals surface area contributed by atoms with E-state index in [1.807, 2.05) is 24.3 Å². The molecule has 1 aromatic carbocycles. The fourth-order valence-corrected chi connectivity index (χ4v) is 2.06. The van der Waals surface area contributed by atoms with Crippen molar-refractivity contribution in [1.29, 1.82) is 0 Å². The van der Waals surface area contributed by atoms with Crippen molar-refractivity contribution in [3.8, 4) is 0 Å². The molecule has 1 rings (SSSR count). The number of carboxylic acids is 1. The van der Waals surface area contributed by atoms with Crippen LogP contribution in [0.2, 0.25) is 0 Å². The summed E-state index contributed by atoms with van der Waals surface area (Å²) in [5.41, 5.74) is 7.46. The lowest BCUT2D eigenvalue weighted by Gasteiger charge is -2.23. The van der Waals surface area contributed by atoms with E-state index in [1.165, 1.54) is 0 Å². The van der Waals surface area contributed by atoms with Gasteiger partial charge in [0.2, 0.25) is 0 Å². The molecule has 0 aliphatic heterocycles. The van der Waals surface area contributed by atoms with Crippen LogP contribution in [-0.2, 0) is 16.0 Å². The summed E-state index contributed by atoms with van der Waals surface area (Å²) in [6, 6.07) is 6.82. The Kier molecular flexibility index (Phi) is 7.36. The van der Waals surface area contributed by atoms with Crippen LogP contribution in [0.3, 0.4) is 0 Å². The van der Waals surface area contributed by atoms with Gasteiger partial charge in [-0.05, 0) is 24.1 Å². The lowest BCUT2D eigenvalue weighted by Crippen LogP contribution is -2.32. The van der Waals surface area contributed by atoms with Gasteiger partial charge in [-0.25, -0.2) is 0 Å². The number of carbonyl (C=O) groups is 1. The van der Waals surface area contributed by atoms with E-state index >= 15 is 0 Å². The molecule has 6 heteroatoms. The maximum atomic E-state index is 10.7. The van der Waals surface area contributed by atoms with E-state index in [1.54, 1.807) is 7.11 Å². The molecule has 0 spiro atoms. The molecule has 0 fully saturated rings. The van der Waals surface area contributed by atoms with E-state index in [0.29, 0.717) is 18.9 Å². The number of alkyl halides is 1. The molecular formula is C14H21ClN2O3. The molecule has 112 valence electrons. The number of nitrogens with two attached hydrogens (primary N) is 1. The molecule has 0 unspecified atom stereocenters. The zero-order valence-electron chi connectivity index (χ0n) is 11.6. The Labute approximate surface area is 124 Å². The number of nitrogens with zero attached hydrogens (tertiary/aromatic N) is 1. The van der Waals surface area contributed by atoms with Crippen LogP contribution in [0.1, 0.15) is 5.56 Å². The molecule has 1 atom stereocenters. The quantitative estimate of drug-likeness (QED) is 0.673. The van der Waals surface area contributed by atoms with Gasteiger partial charge in [-0.1, -0.05) is 12.1 Å². The van der Waals surface area contributed by atoms with Crippen LogP contribution in [-0.4, -0.2) is 49.8 Å². The molecule has 0 aliphatic carbocycles. The van der Waals surface area contributed by atoms with E-state index in [0.717, 1.165) is 24.3 Å². The van der Waals surface area contributed by atoms with Gasteiger partial charge < -0.3 is 20.5 Å². The van der Waals surface area contributed by atoms with Gasteiger partial charge in [-0.3, -0.25) is 4.79 Å². The van der Waals surface area contributed by atoms with Gasteiger partial charge in [0.05, 0.1) is 6.61 Å². The highest BCUT2D eigenvalue weighted by atomic mass is 35.5. The predicted molar refractivity (Wildman–Crippen MR) is 80.6 cm³/mol. The van der Waals surface area contributed by atoms with E-state index in [2.05, 4.69) is 4.90 Å². The van der Waals surface area contributed by atoms with Gasteiger partial charge in [-0.15, -0.1) is 11.6 Å². The number of carboxylic acid groups (broad SMARTS) is 1. The molecule has 1 aromatic rings. The summed E-state index contributed by atoms with van der Waals surface area (Å²) in [4.78, 5) is 12.8. The average molecular weight is 301 g/mol. The zero-order valence-corrected chi connectivity index (χ0v) is 12.3. The molecule has 3 N–H and O–H groups in total. The molecule has 20 heavy (non-hydrogen) atoms. The maximum absolute atomic E-state index is 10.7. The van der Waals surface area contributed by atoms with Gasteiger partial charge in [0.15, 0.2) is 0 Å². The molecule has 0 amide bonds. The van der Waals surface area contributed by atoms with Crippen molar-refractivity contribution in [3.05, 3.63) is 29.8 Å². The third kappa shape index (κ3) is 5.36. The average Bonchev–Trinajstić information content (AvgIpc) is 2.44. The first-order valence-corrected chi connectivity index (χ1v) is 6.99. The van der Waals surface area contributed by atoms with Crippen molar-refractivity contribution in [2.45, 2.75) is 12.5 Å². The highest BCUT2D eigenvalue weighted by molar-refractivity contribution is 6.18. The maximum Gasteiger partial charge on any atom is 0.320 e. The number of hydrogen-bond donors (Lipinski definition) is 2. The standard InChI is InChI=1S/C14H21ClN2O3/c1-20-9-8-17(7-6-15)12-4-2-11(3-5-12)10-13(16)14(18)19/h2-5,13H,6-10,16H2,1H3,(H,18,19)/t13-/m0/s1. The van der Waals surface area contributed by atoms with Crippen molar-refractivity contribution in [1.82, 2.24) is 0 Å². The molecular weight excluding hydrogens is 280 g/mol. The zero-order chi connectivity index (χ0) is 15.0. The molecule has 0 bridgehead atoms. The highest BCUT2D eigenvalue weighted by Crippen LogP contribution is 2.16. The minimum Gasteiger partial charge on any atom is -0.480 e. The second-order valence-electron chi connectivity index (χ2n) is 4.48. The minimum atomic E-state index is -0.988. The van der Waals surface area contributed by atoms with Crippen molar-refractivity contribution in [2.24, 2.45) is 5.73 Å². The summed E-state index contributed by atoms with van der Waals surface area (Å²) in [6.07, 6.45) is 0.323. The molecule has 0 saturated heterocycles. The Morgan fingerprint density at radius 2 is 2.05 bits per heavy atom. The first-order valence-electron chi connectivity index (χ1n) is 6.45. The van der Waals surface area contributed by atoms with Crippen LogP contribution in [0.25, 0.3) is 0 Å². The Hall–Kier alpha value is -1.30. The van der Waals surface area contributed by atoms with E-state index < -0.39 is 12.0 Å². The van der Waals surface area contributed by atoms with Crippen LogP contribution < -0.4 is 10.6 Å². The largest absolute Gasteiger partial charge is 0.480 e. The fourth-order valence-electron chi connectivity index (χ4n) is 1.86. The summed E-state index contributed by atoms with van der Waals surface area (Å²) >= 11 is 5.80.